The van der Waals surface area contributed by atoms with Gasteiger partial charge in [-0.25, -0.2) is 0 Å². The van der Waals surface area contributed by atoms with E-state index < -0.39 is 6.10 Å². The quantitative estimate of drug-likeness (QED) is 0.709. The molecule has 146 valence electrons. The molecule has 2 aromatic carbocycles. The molecule has 0 spiro atoms. The standard InChI is InChI=1S/C23H31NO3/c1-7-19(18-10-12-21(26-6)17(5)14-18)24-23(25)20(8-2)27-22-11-9-15(3)13-16(22)4/h9-14,19-20H,7-8H2,1-6H3,(H,24,25)/t19-,20-/m0/s1. The van der Waals surface area contributed by atoms with Gasteiger partial charge in [-0.3, -0.25) is 4.79 Å². The van der Waals surface area contributed by atoms with E-state index in [1.165, 1.54) is 5.56 Å². The van der Waals surface area contributed by atoms with Crippen LogP contribution in [0.3, 0.4) is 0 Å². The van der Waals surface area contributed by atoms with E-state index in [1.807, 2.05) is 52.0 Å². The monoisotopic (exact) mass is 369 g/mol. The minimum absolute atomic E-state index is 0.0566. The van der Waals surface area contributed by atoms with E-state index in [0.29, 0.717) is 6.42 Å². The highest BCUT2D eigenvalue weighted by atomic mass is 16.5. The lowest BCUT2D eigenvalue weighted by atomic mass is 10.0. The summed E-state index contributed by atoms with van der Waals surface area (Å²) in [5, 5.41) is 3.15. The second kappa shape index (κ2) is 9.45. The minimum atomic E-state index is -0.514. The van der Waals surface area contributed by atoms with Crippen LogP contribution in [0.15, 0.2) is 36.4 Å². The molecule has 1 N–H and O–H groups in total. The van der Waals surface area contributed by atoms with Crippen molar-refractivity contribution in [2.24, 2.45) is 0 Å². The molecule has 0 aliphatic heterocycles. The van der Waals surface area contributed by atoms with Gasteiger partial charge in [-0.15, -0.1) is 0 Å². The van der Waals surface area contributed by atoms with Gasteiger partial charge in [0.2, 0.25) is 0 Å². The molecule has 0 fully saturated rings. The molecule has 0 radical (unpaired) electrons. The zero-order valence-electron chi connectivity index (χ0n) is 17.3. The molecule has 0 aromatic heterocycles. The highest BCUT2D eigenvalue weighted by Gasteiger charge is 2.22. The summed E-state index contributed by atoms with van der Waals surface area (Å²) in [4.78, 5) is 12.8. The molecule has 0 saturated carbocycles. The zero-order valence-corrected chi connectivity index (χ0v) is 17.3. The number of aryl methyl sites for hydroxylation is 3. The third kappa shape index (κ3) is 5.25. The summed E-state index contributed by atoms with van der Waals surface area (Å²) in [6.07, 6.45) is 0.897. The maximum atomic E-state index is 12.8. The average Bonchev–Trinajstić information content (AvgIpc) is 2.65. The van der Waals surface area contributed by atoms with Crippen LogP contribution in [-0.4, -0.2) is 19.1 Å². The van der Waals surface area contributed by atoms with Gasteiger partial charge in [-0.05, 0) is 62.4 Å². The molecular formula is C23H31NO3. The summed E-state index contributed by atoms with van der Waals surface area (Å²) in [5.41, 5.74) is 4.35. The number of benzene rings is 2. The van der Waals surface area contributed by atoms with E-state index in [1.54, 1.807) is 7.11 Å². The van der Waals surface area contributed by atoms with Crippen LogP contribution in [0.1, 0.15) is 55.0 Å². The molecular weight excluding hydrogens is 338 g/mol. The second-order valence-electron chi connectivity index (χ2n) is 6.98. The van der Waals surface area contributed by atoms with Gasteiger partial charge in [0.25, 0.3) is 5.91 Å². The van der Waals surface area contributed by atoms with Gasteiger partial charge in [0.05, 0.1) is 13.2 Å². The summed E-state index contributed by atoms with van der Waals surface area (Å²) in [5.74, 6) is 1.53. The van der Waals surface area contributed by atoms with Crippen LogP contribution < -0.4 is 14.8 Å². The van der Waals surface area contributed by atoms with Gasteiger partial charge in [-0.1, -0.05) is 43.7 Å². The van der Waals surface area contributed by atoms with Crippen LogP contribution >= 0.6 is 0 Å². The van der Waals surface area contributed by atoms with Crippen molar-refractivity contribution in [1.82, 2.24) is 5.32 Å². The summed E-state index contributed by atoms with van der Waals surface area (Å²) >= 11 is 0. The first-order valence-corrected chi connectivity index (χ1v) is 9.58. The van der Waals surface area contributed by atoms with Crippen molar-refractivity contribution >= 4 is 5.91 Å². The van der Waals surface area contributed by atoms with Crippen LogP contribution in [-0.2, 0) is 4.79 Å². The van der Waals surface area contributed by atoms with Crippen molar-refractivity contribution in [1.29, 1.82) is 0 Å². The fraction of sp³-hybridized carbons (Fsp3) is 0.435. The normalized spacial score (nSPS) is 13.0. The SMILES string of the molecule is CC[C@H](Oc1ccc(C)cc1C)C(=O)N[C@@H](CC)c1ccc(OC)c(C)c1. The number of rotatable bonds is 8. The molecule has 0 unspecified atom stereocenters. The van der Waals surface area contributed by atoms with E-state index in [4.69, 9.17) is 9.47 Å². The molecule has 4 nitrogen and oxygen atoms in total. The number of methoxy groups -OCH3 is 1. The Morgan fingerprint density at radius 2 is 1.63 bits per heavy atom. The maximum Gasteiger partial charge on any atom is 0.261 e. The summed E-state index contributed by atoms with van der Waals surface area (Å²) in [6, 6.07) is 12.0. The van der Waals surface area contributed by atoms with E-state index in [2.05, 4.69) is 24.4 Å². The number of amides is 1. The molecule has 0 heterocycles. The smallest absolute Gasteiger partial charge is 0.261 e. The van der Waals surface area contributed by atoms with Crippen molar-refractivity contribution in [3.8, 4) is 11.5 Å². The first-order valence-electron chi connectivity index (χ1n) is 9.58. The molecule has 0 saturated heterocycles. The number of hydrogen-bond acceptors (Lipinski definition) is 3. The van der Waals surface area contributed by atoms with Gasteiger partial charge >= 0.3 is 0 Å². The topological polar surface area (TPSA) is 47.6 Å². The molecule has 27 heavy (non-hydrogen) atoms. The van der Waals surface area contributed by atoms with Crippen molar-refractivity contribution in [3.63, 3.8) is 0 Å². The number of carbonyl (C=O) groups excluding carboxylic acids is 1. The minimum Gasteiger partial charge on any atom is -0.496 e. The summed E-state index contributed by atoms with van der Waals surface area (Å²) in [6.45, 7) is 10.1. The Kier molecular flexibility index (Phi) is 7.28. The third-order valence-electron chi connectivity index (χ3n) is 4.81. The second-order valence-corrected chi connectivity index (χ2v) is 6.98. The van der Waals surface area contributed by atoms with Crippen LogP contribution in [0, 0.1) is 20.8 Å². The molecule has 0 aliphatic rings. The van der Waals surface area contributed by atoms with Gasteiger partial charge in [0.15, 0.2) is 6.10 Å². The van der Waals surface area contributed by atoms with E-state index in [9.17, 15) is 4.79 Å². The lowest BCUT2D eigenvalue weighted by molar-refractivity contribution is -0.129. The van der Waals surface area contributed by atoms with Crippen molar-refractivity contribution < 1.29 is 14.3 Å². The van der Waals surface area contributed by atoms with E-state index in [0.717, 1.165) is 34.6 Å². The first-order chi connectivity index (χ1) is 12.9. The lowest BCUT2D eigenvalue weighted by Crippen LogP contribution is -2.40. The van der Waals surface area contributed by atoms with Crippen LogP contribution in [0.2, 0.25) is 0 Å². The number of hydrogen-bond donors (Lipinski definition) is 1. The predicted octanol–water partition coefficient (Wildman–Crippen LogP) is 5.05. The molecule has 4 heteroatoms. The molecule has 0 aliphatic carbocycles. The van der Waals surface area contributed by atoms with Crippen molar-refractivity contribution in [2.75, 3.05) is 7.11 Å². The fourth-order valence-electron chi connectivity index (χ4n) is 3.21. The molecule has 2 aromatic rings. The molecule has 2 rings (SSSR count). The number of ether oxygens (including phenoxy) is 2. The fourth-order valence-corrected chi connectivity index (χ4v) is 3.21. The van der Waals surface area contributed by atoms with Gasteiger partial charge in [0, 0.05) is 0 Å². The van der Waals surface area contributed by atoms with Gasteiger partial charge < -0.3 is 14.8 Å². The Labute approximate surface area is 162 Å². The maximum absolute atomic E-state index is 12.8. The lowest BCUT2D eigenvalue weighted by Gasteiger charge is -2.23. The number of carbonyl (C=O) groups is 1. The predicted molar refractivity (Wildman–Crippen MR) is 110 cm³/mol. The molecule has 2 atom stereocenters. The number of nitrogens with one attached hydrogen (secondary N) is 1. The van der Waals surface area contributed by atoms with Gasteiger partial charge in [0.1, 0.15) is 11.5 Å². The van der Waals surface area contributed by atoms with E-state index >= 15 is 0 Å². The highest BCUT2D eigenvalue weighted by Crippen LogP contribution is 2.25. The summed E-state index contributed by atoms with van der Waals surface area (Å²) in [7, 11) is 1.66. The van der Waals surface area contributed by atoms with Gasteiger partial charge in [-0.2, -0.15) is 0 Å². The molecule has 0 bridgehead atoms. The Hall–Kier alpha value is -2.49. The van der Waals surface area contributed by atoms with Crippen LogP contribution in [0.5, 0.6) is 11.5 Å². The third-order valence-corrected chi connectivity index (χ3v) is 4.81. The van der Waals surface area contributed by atoms with Crippen LogP contribution in [0.4, 0.5) is 0 Å². The van der Waals surface area contributed by atoms with Crippen LogP contribution in [0.25, 0.3) is 0 Å². The Morgan fingerprint density at radius 1 is 0.963 bits per heavy atom. The zero-order chi connectivity index (χ0) is 20.0. The Morgan fingerprint density at radius 3 is 2.19 bits per heavy atom. The van der Waals surface area contributed by atoms with E-state index in [-0.39, 0.29) is 11.9 Å². The summed E-state index contributed by atoms with van der Waals surface area (Å²) < 4.78 is 11.3. The Balaban J connectivity index is 2.12. The highest BCUT2D eigenvalue weighted by molar-refractivity contribution is 5.81. The Bertz CT molecular complexity index is 785. The largest absolute Gasteiger partial charge is 0.496 e. The van der Waals surface area contributed by atoms with Crippen molar-refractivity contribution in [2.45, 2.75) is 59.6 Å². The average molecular weight is 370 g/mol. The first kappa shape index (κ1) is 20.8. The molecule has 1 amide bonds. The van der Waals surface area contributed by atoms with Crippen molar-refractivity contribution in [3.05, 3.63) is 58.7 Å².